The van der Waals surface area contributed by atoms with Crippen LogP contribution in [0.1, 0.15) is 58.6 Å². The van der Waals surface area contributed by atoms with Gasteiger partial charge in [0, 0.05) is 5.92 Å². The third-order valence-electron chi connectivity index (χ3n) is 6.32. The number of hydrogen-bond acceptors (Lipinski definition) is 4. The van der Waals surface area contributed by atoms with Gasteiger partial charge in [-0.15, -0.1) is 6.58 Å². The van der Waals surface area contributed by atoms with Crippen molar-refractivity contribution in [2.75, 3.05) is 4.90 Å². The SMILES string of the molecule is C=C[C@H](c1ccc(C)cc1)[C@H](O[Si](C)(C)C(C)(C)C)C(=O)N(C(=O)OC(C)(C)C)c1ccccc1. The summed E-state index contributed by atoms with van der Waals surface area (Å²) in [5, 5.41) is -0.145. The number of carbonyl (C=O) groups is 2. The minimum Gasteiger partial charge on any atom is -0.443 e. The Balaban J connectivity index is 2.65. The maximum atomic E-state index is 14.3. The third-order valence-corrected chi connectivity index (χ3v) is 10.8. The number of rotatable bonds is 7. The van der Waals surface area contributed by atoms with Gasteiger partial charge >= 0.3 is 6.09 Å². The Morgan fingerprint density at radius 2 is 1.49 bits per heavy atom. The second-order valence-corrected chi connectivity index (χ2v) is 16.2. The van der Waals surface area contributed by atoms with Gasteiger partial charge in [0.05, 0.1) is 5.69 Å². The van der Waals surface area contributed by atoms with Gasteiger partial charge in [-0.05, 0) is 63.5 Å². The van der Waals surface area contributed by atoms with Crippen molar-refractivity contribution in [2.45, 2.75) is 84.2 Å². The van der Waals surface area contributed by atoms with Gasteiger partial charge in [0.1, 0.15) is 11.7 Å². The number of para-hydroxylation sites is 1. The second kappa shape index (κ2) is 10.9. The number of hydrogen-bond donors (Lipinski definition) is 0. The molecular formula is C29H41NO4Si. The van der Waals surface area contributed by atoms with Crippen molar-refractivity contribution < 1.29 is 18.8 Å². The normalized spacial score (nSPS) is 14.1. The number of benzene rings is 2. The molecule has 0 aromatic heterocycles. The van der Waals surface area contributed by atoms with Crippen LogP contribution in [-0.2, 0) is 14.0 Å². The molecule has 2 amide bonds. The maximum absolute atomic E-state index is 14.3. The molecule has 0 unspecified atom stereocenters. The highest BCUT2D eigenvalue weighted by atomic mass is 28.4. The molecule has 0 aliphatic carbocycles. The van der Waals surface area contributed by atoms with Gasteiger partial charge in [-0.2, -0.15) is 0 Å². The number of anilines is 1. The van der Waals surface area contributed by atoms with Crippen LogP contribution in [0.4, 0.5) is 10.5 Å². The highest BCUT2D eigenvalue weighted by Crippen LogP contribution is 2.40. The number of carbonyl (C=O) groups excluding carboxylic acids is 2. The quantitative estimate of drug-likeness (QED) is 0.293. The fraction of sp³-hybridized carbons (Fsp3) is 0.448. The zero-order chi connectivity index (χ0) is 26.6. The van der Waals surface area contributed by atoms with Crippen molar-refractivity contribution >= 4 is 26.0 Å². The Kier molecular flexibility index (Phi) is 8.90. The molecule has 0 saturated carbocycles. The zero-order valence-electron chi connectivity index (χ0n) is 22.7. The summed E-state index contributed by atoms with van der Waals surface area (Å²) in [4.78, 5) is 28.8. The summed E-state index contributed by atoms with van der Waals surface area (Å²) in [5.41, 5.74) is 1.68. The van der Waals surface area contributed by atoms with Crippen LogP contribution in [0.25, 0.3) is 0 Å². The summed E-state index contributed by atoms with van der Waals surface area (Å²) in [5.74, 6) is -0.924. The molecule has 0 spiro atoms. The van der Waals surface area contributed by atoms with Crippen LogP contribution in [0, 0.1) is 6.92 Å². The predicted octanol–water partition coefficient (Wildman–Crippen LogP) is 7.62. The minimum absolute atomic E-state index is 0.145. The molecule has 0 aliphatic heterocycles. The van der Waals surface area contributed by atoms with Gasteiger partial charge in [-0.3, -0.25) is 4.79 Å². The molecule has 0 heterocycles. The molecular weight excluding hydrogens is 454 g/mol. The van der Waals surface area contributed by atoms with Crippen molar-refractivity contribution in [2.24, 2.45) is 0 Å². The first kappa shape index (κ1) is 28.5. The molecule has 2 atom stereocenters. The van der Waals surface area contributed by atoms with E-state index in [0.717, 1.165) is 16.0 Å². The second-order valence-electron chi connectivity index (χ2n) is 11.5. The van der Waals surface area contributed by atoms with Gasteiger partial charge < -0.3 is 9.16 Å². The van der Waals surface area contributed by atoms with Gasteiger partial charge in [-0.25, -0.2) is 9.69 Å². The molecule has 2 aromatic rings. The first-order valence-corrected chi connectivity index (χ1v) is 15.0. The van der Waals surface area contributed by atoms with Gasteiger partial charge in [-0.1, -0.05) is 74.9 Å². The molecule has 0 aliphatic rings. The smallest absolute Gasteiger partial charge is 0.421 e. The van der Waals surface area contributed by atoms with Gasteiger partial charge in [0.25, 0.3) is 5.91 Å². The monoisotopic (exact) mass is 495 g/mol. The van der Waals surface area contributed by atoms with E-state index in [1.165, 1.54) is 0 Å². The van der Waals surface area contributed by atoms with Crippen molar-refractivity contribution in [3.8, 4) is 0 Å². The Morgan fingerprint density at radius 3 is 1.94 bits per heavy atom. The van der Waals surface area contributed by atoms with Crippen molar-refractivity contribution in [1.29, 1.82) is 0 Å². The Hall–Kier alpha value is -2.70. The maximum Gasteiger partial charge on any atom is 0.421 e. The molecule has 190 valence electrons. The van der Waals surface area contributed by atoms with Gasteiger partial charge in [0.15, 0.2) is 8.32 Å². The Labute approximate surface area is 212 Å². The number of amides is 2. The highest BCUT2D eigenvalue weighted by Gasteiger charge is 2.45. The predicted molar refractivity (Wildman–Crippen MR) is 146 cm³/mol. The van der Waals surface area contributed by atoms with E-state index in [2.05, 4.69) is 40.4 Å². The standard InChI is InChI=1S/C29H41NO4Si/c1-11-24(22-19-17-21(2)18-20-22)25(34-35(9,10)29(6,7)8)26(31)30(23-15-13-12-14-16-23)27(32)33-28(3,4)5/h11-20,24-25H,1H2,2-10H3/t24-,25+/m1/s1. The summed E-state index contributed by atoms with van der Waals surface area (Å²) in [7, 11) is -2.43. The van der Waals surface area contributed by atoms with E-state index < -0.39 is 37.9 Å². The van der Waals surface area contributed by atoms with E-state index in [9.17, 15) is 9.59 Å². The van der Waals surface area contributed by atoms with Crippen LogP contribution >= 0.6 is 0 Å². The topological polar surface area (TPSA) is 55.8 Å². The van der Waals surface area contributed by atoms with Crippen LogP contribution in [-0.4, -0.2) is 32.0 Å². The third kappa shape index (κ3) is 7.39. The Morgan fingerprint density at radius 1 is 0.943 bits per heavy atom. The number of nitrogens with zero attached hydrogens (tertiary/aromatic N) is 1. The van der Waals surface area contributed by atoms with E-state index >= 15 is 0 Å². The summed E-state index contributed by atoms with van der Waals surface area (Å²) in [6.07, 6.45) is 0.0478. The number of aryl methyl sites for hydroxylation is 1. The lowest BCUT2D eigenvalue weighted by atomic mass is 9.92. The van der Waals surface area contributed by atoms with E-state index in [0.29, 0.717) is 5.69 Å². The zero-order valence-corrected chi connectivity index (χ0v) is 23.7. The molecule has 35 heavy (non-hydrogen) atoms. The van der Waals surface area contributed by atoms with Crippen molar-refractivity contribution in [3.63, 3.8) is 0 Å². The summed E-state index contributed by atoms with van der Waals surface area (Å²) < 4.78 is 12.4. The molecule has 2 rings (SSSR count). The molecule has 0 saturated heterocycles. The van der Waals surface area contributed by atoms with E-state index in [1.54, 1.807) is 51.1 Å². The van der Waals surface area contributed by atoms with Crippen LogP contribution in [0.5, 0.6) is 0 Å². The molecule has 0 radical (unpaired) electrons. The van der Waals surface area contributed by atoms with Crippen molar-refractivity contribution in [3.05, 3.63) is 78.4 Å². The van der Waals surface area contributed by atoms with Crippen LogP contribution in [0.3, 0.4) is 0 Å². The largest absolute Gasteiger partial charge is 0.443 e. The van der Waals surface area contributed by atoms with Crippen molar-refractivity contribution in [1.82, 2.24) is 0 Å². The number of ether oxygens (including phenoxy) is 1. The number of imide groups is 1. The molecule has 0 bridgehead atoms. The van der Waals surface area contributed by atoms with E-state index in [-0.39, 0.29) is 5.04 Å². The molecule has 0 fully saturated rings. The molecule has 2 aromatic carbocycles. The van der Waals surface area contributed by atoms with Gasteiger partial charge in [0.2, 0.25) is 0 Å². The van der Waals surface area contributed by atoms with Crippen LogP contribution < -0.4 is 4.90 Å². The minimum atomic E-state index is -2.43. The fourth-order valence-corrected chi connectivity index (χ4v) is 4.56. The van der Waals surface area contributed by atoms with Crippen LogP contribution in [0.15, 0.2) is 67.3 Å². The summed E-state index contributed by atoms with van der Waals surface area (Å²) in [6.45, 7) is 22.0. The lowest BCUT2D eigenvalue weighted by Gasteiger charge is -2.41. The summed E-state index contributed by atoms with van der Waals surface area (Å²) in [6, 6.07) is 16.8. The average molecular weight is 496 g/mol. The fourth-order valence-electron chi connectivity index (χ4n) is 3.33. The first-order chi connectivity index (χ1) is 16.1. The molecule has 5 nitrogen and oxygen atoms in total. The summed E-state index contributed by atoms with van der Waals surface area (Å²) >= 11 is 0. The van der Waals surface area contributed by atoms with E-state index in [1.807, 2.05) is 37.3 Å². The first-order valence-electron chi connectivity index (χ1n) is 12.1. The molecule has 6 heteroatoms. The lowest BCUT2D eigenvalue weighted by Crippen LogP contribution is -2.53. The van der Waals surface area contributed by atoms with Crippen LogP contribution in [0.2, 0.25) is 18.1 Å². The highest BCUT2D eigenvalue weighted by molar-refractivity contribution is 6.74. The average Bonchev–Trinajstić information content (AvgIpc) is 2.73. The molecule has 0 N–H and O–H groups in total. The lowest BCUT2D eigenvalue weighted by molar-refractivity contribution is -0.126. The Bertz CT molecular complexity index is 1020. The van der Waals surface area contributed by atoms with E-state index in [4.69, 9.17) is 9.16 Å².